The number of nitrogens with one attached hydrogen (secondary N) is 1. The molecule has 1 aliphatic heterocycles. The van der Waals surface area contributed by atoms with E-state index >= 15 is 0 Å². The van der Waals surface area contributed by atoms with Crippen LogP contribution in [0.1, 0.15) is 56.7 Å². The maximum atomic E-state index is 3.66. The topological polar surface area (TPSA) is 12.0 Å². The van der Waals surface area contributed by atoms with Crippen LogP contribution in [0.4, 0.5) is 0 Å². The van der Waals surface area contributed by atoms with Crippen molar-refractivity contribution in [2.75, 3.05) is 0 Å². The van der Waals surface area contributed by atoms with Gasteiger partial charge in [-0.2, -0.15) is 0 Å². The monoisotopic (exact) mass is 231 g/mol. The van der Waals surface area contributed by atoms with Gasteiger partial charge >= 0.3 is 0 Å². The molecule has 0 amide bonds. The molecule has 94 valence electrons. The number of hydrogen-bond donors (Lipinski definition) is 1. The van der Waals surface area contributed by atoms with Gasteiger partial charge < -0.3 is 5.32 Å². The molecule has 0 bridgehead atoms. The van der Waals surface area contributed by atoms with Crippen LogP contribution in [-0.4, -0.2) is 6.04 Å². The van der Waals surface area contributed by atoms with Gasteiger partial charge in [-0.3, -0.25) is 0 Å². The second-order valence-corrected chi connectivity index (χ2v) is 5.82. The molecule has 0 saturated heterocycles. The van der Waals surface area contributed by atoms with Crippen LogP contribution in [0.3, 0.4) is 0 Å². The van der Waals surface area contributed by atoms with Crippen LogP contribution in [-0.2, 0) is 13.0 Å². The summed E-state index contributed by atoms with van der Waals surface area (Å²) >= 11 is 0. The average molecular weight is 231 g/mol. The van der Waals surface area contributed by atoms with E-state index in [9.17, 15) is 0 Å². The van der Waals surface area contributed by atoms with Crippen molar-refractivity contribution in [2.24, 2.45) is 5.92 Å². The highest BCUT2D eigenvalue weighted by molar-refractivity contribution is 5.37. The zero-order chi connectivity index (χ0) is 12.4. The normalized spacial score (nSPS) is 23.8. The third-order valence-electron chi connectivity index (χ3n) is 3.94. The van der Waals surface area contributed by atoms with E-state index in [1.807, 2.05) is 0 Å². The highest BCUT2D eigenvalue weighted by Gasteiger charge is 2.24. The minimum atomic E-state index is 0.650. The van der Waals surface area contributed by atoms with Gasteiger partial charge in [0.1, 0.15) is 0 Å². The van der Waals surface area contributed by atoms with Crippen molar-refractivity contribution in [1.29, 1.82) is 0 Å². The average Bonchev–Trinajstić information content (AvgIpc) is 2.28. The third kappa shape index (κ3) is 2.71. The van der Waals surface area contributed by atoms with Crippen molar-refractivity contribution in [3.63, 3.8) is 0 Å². The summed E-state index contributed by atoms with van der Waals surface area (Å²) in [4.78, 5) is 0. The highest BCUT2D eigenvalue weighted by atomic mass is 14.9. The lowest BCUT2D eigenvalue weighted by molar-refractivity contribution is 0.409. The number of rotatable bonds is 3. The minimum absolute atomic E-state index is 0.650. The maximum Gasteiger partial charge on any atom is 0.0211 e. The Labute approximate surface area is 106 Å². The Morgan fingerprint density at radius 1 is 1.35 bits per heavy atom. The first kappa shape index (κ1) is 12.6. The molecule has 0 aromatic heterocycles. The summed E-state index contributed by atoms with van der Waals surface area (Å²) in [6, 6.07) is 7.75. The molecule has 0 fully saturated rings. The third-order valence-corrected chi connectivity index (χ3v) is 3.94. The lowest BCUT2D eigenvalue weighted by Crippen LogP contribution is -2.37. The lowest BCUT2D eigenvalue weighted by Gasteiger charge is -2.32. The zero-order valence-electron chi connectivity index (χ0n) is 11.6. The van der Waals surface area contributed by atoms with E-state index in [4.69, 9.17) is 0 Å². The number of hydrogen-bond acceptors (Lipinski definition) is 1. The van der Waals surface area contributed by atoms with Crippen molar-refractivity contribution >= 4 is 0 Å². The van der Waals surface area contributed by atoms with Crippen molar-refractivity contribution < 1.29 is 0 Å². The van der Waals surface area contributed by atoms with Crippen LogP contribution in [0.15, 0.2) is 18.2 Å². The van der Waals surface area contributed by atoms with Crippen LogP contribution >= 0.6 is 0 Å². The molecular formula is C16H25N. The second kappa shape index (κ2) is 5.22. The first-order valence-electron chi connectivity index (χ1n) is 6.97. The molecule has 1 heteroatoms. The van der Waals surface area contributed by atoms with E-state index in [1.165, 1.54) is 24.0 Å². The van der Waals surface area contributed by atoms with Crippen LogP contribution in [0, 0.1) is 5.92 Å². The maximum absolute atomic E-state index is 3.66. The number of benzene rings is 1. The van der Waals surface area contributed by atoms with E-state index in [-0.39, 0.29) is 0 Å². The fraction of sp³-hybridized carbons (Fsp3) is 0.625. The van der Waals surface area contributed by atoms with E-state index in [2.05, 4.69) is 51.2 Å². The summed E-state index contributed by atoms with van der Waals surface area (Å²) in [7, 11) is 0. The van der Waals surface area contributed by atoms with Crippen LogP contribution in [0.5, 0.6) is 0 Å². The summed E-state index contributed by atoms with van der Waals surface area (Å²) in [6.45, 7) is 10.2. The van der Waals surface area contributed by atoms with Gasteiger partial charge in [0.05, 0.1) is 0 Å². The summed E-state index contributed by atoms with van der Waals surface area (Å²) in [5.74, 6) is 1.39. The Kier molecular flexibility index (Phi) is 3.88. The van der Waals surface area contributed by atoms with Gasteiger partial charge in [0.15, 0.2) is 0 Å². The predicted octanol–water partition coefficient (Wildman–Crippen LogP) is 3.87. The summed E-state index contributed by atoms with van der Waals surface area (Å²) in [5, 5.41) is 3.66. The van der Waals surface area contributed by atoms with Crippen molar-refractivity contribution in [3.8, 4) is 0 Å². The van der Waals surface area contributed by atoms with Gasteiger partial charge in [0, 0.05) is 12.6 Å². The standard InChI is InChI=1S/C16H25N/c1-5-16-12(4)15-7-6-13(8-11(2)3)9-14(15)10-17-16/h6-7,9,11-12,16-17H,5,8,10H2,1-4H3. The molecule has 1 heterocycles. The fourth-order valence-electron chi connectivity index (χ4n) is 2.99. The van der Waals surface area contributed by atoms with E-state index in [0.717, 1.165) is 12.5 Å². The molecule has 0 aliphatic carbocycles. The van der Waals surface area contributed by atoms with Gasteiger partial charge in [0.25, 0.3) is 0 Å². The fourth-order valence-corrected chi connectivity index (χ4v) is 2.99. The summed E-state index contributed by atoms with van der Waals surface area (Å²) in [5.41, 5.74) is 4.56. The Bertz CT molecular complexity index is 381. The van der Waals surface area contributed by atoms with Gasteiger partial charge in [-0.05, 0) is 41.4 Å². The van der Waals surface area contributed by atoms with Crippen LogP contribution < -0.4 is 5.32 Å². The smallest absolute Gasteiger partial charge is 0.0211 e. The molecule has 2 atom stereocenters. The molecule has 1 N–H and O–H groups in total. The van der Waals surface area contributed by atoms with E-state index < -0.39 is 0 Å². The Morgan fingerprint density at radius 3 is 2.76 bits per heavy atom. The van der Waals surface area contributed by atoms with Gasteiger partial charge in [-0.1, -0.05) is 45.9 Å². The van der Waals surface area contributed by atoms with E-state index in [0.29, 0.717) is 12.0 Å². The molecule has 2 unspecified atom stereocenters. The summed E-state index contributed by atoms with van der Waals surface area (Å²) < 4.78 is 0. The second-order valence-electron chi connectivity index (χ2n) is 5.82. The Hall–Kier alpha value is -0.820. The zero-order valence-corrected chi connectivity index (χ0v) is 11.6. The van der Waals surface area contributed by atoms with Crippen LogP contribution in [0.2, 0.25) is 0 Å². The van der Waals surface area contributed by atoms with Gasteiger partial charge in [0.2, 0.25) is 0 Å². The number of fused-ring (bicyclic) bond motifs is 1. The van der Waals surface area contributed by atoms with Crippen molar-refractivity contribution in [2.45, 2.75) is 59.0 Å². The molecule has 17 heavy (non-hydrogen) atoms. The Balaban J connectivity index is 2.23. The molecule has 1 nitrogen and oxygen atoms in total. The molecular weight excluding hydrogens is 206 g/mol. The molecule has 1 aromatic carbocycles. The van der Waals surface area contributed by atoms with Crippen LogP contribution in [0.25, 0.3) is 0 Å². The lowest BCUT2D eigenvalue weighted by atomic mass is 9.83. The first-order valence-corrected chi connectivity index (χ1v) is 6.97. The van der Waals surface area contributed by atoms with Crippen molar-refractivity contribution in [3.05, 3.63) is 34.9 Å². The van der Waals surface area contributed by atoms with Gasteiger partial charge in [-0.25, -0.2) is 0 Å². The summed E-state index contributed by atoms with van der Waals surface area (Å²) in [6.07, 6.45) is 2.41. The molecule has 0 saturated carbocycles. The molecule has 0 spiro atoms. The highest BCUT2D eigenvalue weighted by Crippen LogP contribution is 2.30. The molecule has 2 rings (SSSR count). The predicted molar refractivity (Wildman–Crippen MR) is 74.3 cm³/mol. The van der Waals surface area contributed by atoms with E-state index in [1.54, 1.807) is 5.56 Å². The Morgan fingerprint density at radius 2 is 2.12 bits per heavy atom. The molecule has 0 radical (unpaired) electrons. The first-order chi connectivity index (χ1) is 8.11. The molecule has 1 aromatic rings. The largest absolute Gasteiger partial charge is 0.309 e. The molecule has 1 aliphatic rings. The quantitative estimate of drug-likeness (QED) is 0.832. The van der Waals surface area contributed by atoms with Gasteiger partial charge in [-0.15, -0.1) is 0 Å². The SMILES string of the molecule is CCC1NCc2cc(CC(C)C)ccc2C1C. The minimum Gasteiger partial charge on any atom is -0.309 e. The van der Waals surface area contributed by atoms with Crippen molar-refractivity contribution in [1.82, 2.24) is 5.32 Å².